The van der Waals surface area contributed by atoms with Gasteiger partial charge < -0.3 is 14.5 Å². The van der Waals surface area contributed by atoms with Crippen LogP contribution >= 0.6 is 11.3 Å². The Kier molecular flexibility index (Phi) is 4.15. The topological polar surface area (TPSA) is 39.0 Å². The summed E-state index contributed by atoms with van der Waals surface area (Å²) in [5.74, 6) is 0.0141. The molecule has 0 saturated carbocycles. The molecule has 126 valence electrons. The van der Waals surface area contributed by atoms with Crippen LogP contribution in [0.5, 0.6) is 0 Å². The van der Waals surface area contributed by atoms with Crippen molar-refractivity contribution in [3.63, 3.8) is 0 Å². The molecule has 0 fully saturated rings. The Morgan fingerprint density at radius 1 is 1.16 bits per heavy atom. The van der Waals surface area contributed by atoms with Crippen LogP contribution in [0.1, 0.15) is 18.0 Å². The minimum absolute atomic E-state index is 0.0141. The highest BCUT2D eigenvalue weighted by Gasteiger charge is 2.18. The van der Waals surface area contributed by atoms with E-state index in [4.69, 9.17) is 0 Å². The third-order valence-corrected chi connectivity index (χ3v) is 5.16. The van der Waals surface area contributed by atoms with Gasteiger partial charge in [0, 0.05) is 42.2 Å². The third-order valence-electron chi connectivity index (χ3n) is 4.46. The molecule has 0 radical (unpaired) electrons. The van der Waals surface area contributed by atoms with Crippen molar-refractivity contribution in [2.75, 3.05) is 5.32 Å². The van der Waals surface area contributed by atoms with Gasteiger partial charge in [-0.25, -0.2) is 0 Å². The fourth-order valence-corrected chi connectivity index (χ4v) is 3.87. The zero-order valence-corrected chi connectivity index (χ0v) is 14.7. The molecule has 4 nitrogen and oxygen atoms in total. The van der Waals surface area contributed by atoms with Gasteiger partial charge in [0.25, 0.3) is 0 Å². The van der Waals surface area contributed by atoms with E-state index in [0.717, 1.165) is 22.2 Å². The van der Waals surface area contributed by atoms with Gasteiger partial charge in [0.1, 0.15) is 0 Å². The number of thiophene rings is 1. The molecule has 1 amide bonds. The third kappa shape index (κ3) is 3.23. The van der Waals surface area contributed by atoms with Crippen molar-refractivity contribution in [3.8, 4) is 0 Å². The molecule has 1 atom stereocenters. The molecule has 0 aliphatic carbocycles. The van der Waals surface area contributed by atoms with Crippen LogP contribution in [-0.4, -0.2) is 15.0 Å². The summed E-state index contributed by atoms with van der Waals surface area (Å²) in [6, 6.07) is 14.1. The van der Waals surface area contributed by atoms with E-state index in [1.165, 1.54) is 0 Å². The molecule has 3 heterocycles. The lowest BCUT2D eigenvalue weighted by atomic mass is 10.1. The van der Waals surface area contributed by atoms with Gasteiger partial charge in [0.2, 0.25) is 5.91 Å². The Balaban J connectivity index is 1.53. The molecule has 4 rings (SSSR count). The quantitative estimate of drug-likeness (QED) is 0.559. The molecule has 25 heavy (non-hydrogen) atoms. The average molecular weight is 349 g/mol. The first-order valence-electron chi connectivity index (χ1n) is 8.20. The van der Waals surface area contributed by atoms with Crippen LogP contribution < -0.4 is 5.32 Å². The number of anilines is 1. The summed E-state index contributed by atoms with van der Waals surface area (Å²) in [6.07, 6.45) is 6.43. The van der Waals surface area contributed by atoms with E-state index in [1.807, 2.05) is 61.4 Å². The summed E-state index contributed by atoms with van der Waals surface area (Å²) in [5, 5.41) is 8.32. The van der Waals surface area contributed by atoms with Crippen LogP contribution in [0.3, 0.4) is 0 Å². The molecule has 1 aromatic carbocycles. The predicted molar refractivity (Wildman–Crippen MR) is 103 cm³/mol. The summed E-state index contributed by atoms with van der Waals surface area (Å²) in [6.45, 7) is 0. The van der Waals surface area contributed by atoms with Crippen LogP contribution in [0.2, 0.25) is 0 Å². The van der Waals surface area contributed by atoms with E-state index in [2.05, 4.69) is 32.0 Å². The zero-order chi connectivity index (χ0) is 17.2. The summed E-state index contributed by atoms with van der Waals surface area (Å²) in [7, 11) is 2.02. The van der Waals surface area contributed by atoms with Crippen molar-refractivity contribution < 1.29 is 4.79 Å². The van der Waals surface area contributed by atoms with Gasteiger partial charge >= 0.3 is 0 Å². The summed E-state index contributed by atoms with van der Waals surface area (Å²) >= 11 is 1.65. The molecule has 0 aliphatic rings. The van der Waals surface area contributed by atoms with Gasteiger partial charge in [-0.1, -0.05) is 0 Å². The van der Waals surface area contributed by atoms with Gasteiger partial charge in [-0.3, -0.25) is 4.79 Å². The Morgan fingerprint density at radius 3 is 2.76 bits per heavy atom. The average Bonchev–Trinajstić information content (AvgIpc) is 3.35. The molecule has 0 bridgehead atoms. The molecular formula is C20H19N3OS. The van der Waals surface area contributed by atoms with Gasteiger partial charge in [-0.15, -0.1) is 0 Å². The molecule has 3 aromatic heterocycles. The number of aryl methyl sites for hydroxylation is 1. The second kappa shape index (κ2) is 6.61. The number of carbonyl (C=O) groups excluding carboxylic acids is 1. The minimum Gasteiger partial charge on any atom is -0.351 e. The molecular weight excluding hydrogens is 330 g/mol. The summed E-state index contributed by atoms with van der Waals surface area (Å²) in [4.78, 5) is 12.6. The maximum absolute atomic E-state index is 12.6. The molecule has 4 aromatic rings. The molecule has 0 unspecified atom stereocenters. The standard InChI is InChI=1S/C20H19N3OS/c1-22-10-6-15-12-17(4-5-18(15)22)21-20(24)13-19(16-7-11-25-14-16)23-8-2-3-9-23/h2-12,14,19H,13H2,1H3,(H,21,24)/t19-/m1/s1. The minimum atomic E-state index is 0.0141. The number of aromatic nitrogens is 2. The lowest BCUT2D eigenvalue weighted by molar-refractivity contribution is -0.116. The number of hydrogen-bond acceptors (Lipinski definition) is 2. The van der Waals surface area contributed by atoms with Gasteiger partial charge in [0.15, 0.2) is 0 Å². The van der Waals surface area contributed by atoms with E-state index in [0.29, 0.717) is 6.42 Å². The number of nitrogens with zero attached hydrogens (tertiary/aromatic N) is 2. The van der Waals surface area contributed by atoms with Crippen LogP contribution in [-0.2, 0) is 11.8 Å². The van der Waals surface area contributed by atoms with Gasteiger partial charge in [0.05, 0.1) is 12.5 Å². The highest BCUT2D eigenvalue weighted by Crippen LogP contribution is 2.26. The van der Waals surface area contributed by atoms with Crippen LogP contribution in [0.25, 0.3) is 10.9 Å². The first-order chi connectivity index (χ1) is 12.2. The lowest BCUT2D eigenvalue weighted by Crippen LogP contribution is -2.19. The van der Waals surface area contributed by atoms with Gasteiger partial charge in [-0.05, 0) is 58.8 Å². The summed E-state index contributed by atoms with van der Waals surface area (Å²) < 4.78 is 4.15. The molecule has 1 N–H and O–H groups in total. The van der Waals surface area contributed by atoms with Crippen molar-refractivity contribution in [2.24, 2.45) is 7.05 Å². The zero-order valence-electron chi connectivity index (χ0n) is 13.9. The molecule has 0 spiro atoms. The van der Waals surface area contributed by atoms with Crippen molar-refractivity contribution in [3.05, 3.63) is 77.4 Å². The number of nitrogens with one attached hydrogen (secondary N) is 1. The second-order valence-corrected chi connectivity index (χ2v) is 6.94. The number of fused-ring (bicyclic) bond motifs is 1. The largest absolute Gasteiger partial charge is 0.351 e. The fraction of sp³-hybridized carbons (Fsp3) is 0.150. The smallest absolute Gasteiger partial charge is 0.226 e. The number of hydrogen-bond donors (Lipinski definition) is 1. The van der Waals surface area contributed by atoms with Crippen LogP contribution in [0, 0.1) is 0 Å². The highest BCUT2D eigenvalue weighted by molar-refractivity contribution is 7.08. The lowest BCUT2D eigenvalue weighted by Gasteiger charge is -2.18. The number of benzene rings is 1. The van der Waals surface area contributed by atoms with Crippen LogP contribution in [0.15, 0.2) is 71.8 Å². The summed E-state index contributed by atoms with van der Waals surface area (Å²) in [5.41, 5.74) is 3.15. The number of rotatable bonds is 5. The van der Waals surface area contributed by atoms with Crippen molar-refractivity contribution in [1.29, 1.82) is 0 Å². The number of carbonyl (C=O) groups is 1. The van der Waals surface area contributed by atoms with E-state index >= 15 is 0 Å². The first-order valence-corrected chi connectivity index (χ1v) is 9.14. The monoisotopic (exact) mass is 349 g/mol. The highest BCUT2D eigenvalue weighted by atomic mass is 32.1. The van der Waals surface area contributed by atoms with Gasteiger partial charge in [-0.2, -0.15) is 11.3 Å². The van der Waals surface area contributed by atoms with Crippen LogP contribution in [0.4, 0.5) is 5.69 Å². The van der Waals surface area contributed by atoms with Crippen molar-refractivity contribution >= 4 is 33.8 Å². The Morgan fingerprint density at radius 2 is 2.00 bits per heavy atom. The Bertz CT molecular complexity index is 949. The van der Waals surface area contributed by atoms with E-state index < -0.39 is 0 Å². The molecule has 5 heteroatoms. The van der Waals surface area contributed by atoms with Crippen molar-refractivity contribution in [1.82, 2.24) is 9.13 Å². The SMILES string of the molecule is Cn1ccc2cc(NC(=O)C[C@H](c3ccsc3)n3cccc3)ccc21. The second-order valence-electron chi connectivity index (χ2n) is 6.16. The maximum atomic E-state index is 12.6. The van der Waals surface area contributed by atoms with Crippen molar-refractivity contribution in [2.45, 2.75) is 12.5 Å². The molecule has 0 aliphatic heterocycles. The normalized spacial score (nSPS) is 12.4. The maximum Gasteiger partial charge on any atom is 0.226 e. The van der Waals surface area contributed by atoms with E-state index in [9.17, 15) is 4.79 Å². The predicted octanol–water partition coefficient (Wildman–Crippen LogP) is 4.66. The molecule has 0 saturated heterocycles. The van der Waals surface area contributed by atoms with E-state index in [1.54, 1.807) is 11.3 Å². The Labute approximate surface area is 150 Å². The Hall–Kier alpha value is -2.79. The fourth-order valence-electron chi connectivity index (χ4n) is 3.16. The first kappa shape index (κ1) is 15.7. The number of amides is 1. The van der Waals surface area contributed by atoms with E-state index in [-0.39, 0.29) is 11.9 Å².